The zero-order valence-electron chi connectivity index (χ0n) is 17.5. The Morgan fingerprint density at radius 1 is 0.588 bits per heavy atom. The van der Waals surface area contributed by atoms with E-state index < -0.39 is 30.0 Å². The van der Waals surface area contributed by atoms with Gasteiger partial charge in [0.15, 0.2) is 0 Å². The summed E-state index contributed by atoms with van der Waals surface area (Å²) in [6.07, 6.45) is -0.214. The molecular formula is C22H20O10S2. The first-order chi connectivity index (χ1) is 15.8. The molecule has 0 unspecified atom stereocenters. The van der Waals surface area contributed by atoms with Crippen LogP contribution in [0.3, 0.4) is 0 Å². The highest BCUT2D eigenvalue weighted by Gasteiger charge is 2.22. The van der Waals surface area contributed by atoms with Crippen LogP contribution in [-0.4, -0.2) is 41.3 Å². The molecule has 4 rings (SSSR count). The van der Waals surface area contributed by atoms with Gasteiger partial charge in [-0.1, -0.05) is 18.2 Å². The fourth-order valence-corrected chi connectivity index (χ4v) is 5.02. The Bertz CT molecular complexity index is 1400. The maximum absolute atomic E-state index is 11.8. The minimum absolute atomic E-state index is 0.00322. The van der Waals surface area contributed by atoms with Crippen molar-refractivity contribution in [2.75, 3.05) is 0 Å². The molecule has 3 aromatic rings. The van der Waals surface area contributed by atoms with Gasteiger partial charge >= 0.3 is 0 Å². The molecule has 0 saturated carbocycles. The van der Waals surface area contributed by atoms with E-state index in [1.54, 1.807) is 18.2 Å². The summed E-state index contributed by atoms with van der Waals surface area (Å²) in [5.41, 5.74) is 0.846. The molecule has 180 valence electrons. The maximum Gasteiger partial charge on any atom is 0.294 e. The minimum Gasteiger partial charge on any atom is -0.507 e. The summed E-state index contributed by atoms with van der Waals surface area (Å²) in [4.78, 5) is -0.972. The molecule has 34 heavy (non-hydrogen) atoms. The standard InChI is InChI=1S/C22H20O10S2/c23-20-12-2-1-3-13(20)5-15-7-19(34(29,30)31)9-17(22(15)25)11-32-10-16-8-18(33(26,27)28)6-14(4-12)21(16)24/h1-3,6-9,23-25H,4-5,10-11H2,(H,26,27,28)(H,29,30,31). The van der Waals surface area contributed by atoms with Crippen LogP contribution in [0.5, 0.6) is 17.2 Å². The van der Waals surface area contributed by atoms with E-state index in [9.17, 15) is 41.3 Å². The van der Waals surface area contributed by atoms with E-state index in [1.165, 1.54) is 0 Å². The van der Waals surface area contributed by atoms with E-state index in [2.05, 4.69) is 0 Å². The third-order valence-corrected chi connectivity index (χ3v) is 7.22. The number of phenols is 3. The second kappa shape index (κ2) is 8.56. The molecule has 1 aliphatic rings. The highest BCUT2D eigenvalue weighted by molar-refractivity contribution is 7.86. The zero-order chi connectivity index (χ0) is 24.8. The summed E-state index contributed by atoms with van der Waals surface area (Å²) in [6, 6.07) is 8.92. The van der Waals surface area contributed by atoms with Crippen LogP contribution < -0.4 is 0 Å². The number of benzene rings is 3. The van der Waals surface area contributed by atoms with Crippen LogP contribution in [-0.2, 0) is 51.0 Å². The Morgan fingerprint density at radius 3 is 1.32 bits per heavy atom. The van der Waals surface area contributed by atoms with Gasteiger partial charge in [0.25, 0.3) is 20.2 Å². The lowest BCUT2D eigenvalue weighted by Crippen LogP contribution is -2.06. The summed E-state index contributed by atoms with van der Waals surface area (Å²) in [6.45, 7) is -0.724. The average Bonchev–Trinajstić information content (AvgIpc) is 2.73. The molecule has 5 N–H and O–H groups in total. The molecule has 3 aromatic carbocycles. The largest absolute Gasteiger partial charge is 0.507 e. The summed E-state index contributed by atoms with van der Waals surface area (Å²) in [7, 11) is -9.27. The lowest BCUT2D eigenvalue weighted by atomic mass is 9.95. The van der Waals surface area contributed by atoms with Crippen LogP contribution in [0.25, 0.3) is 0 Å². The average molecular weight is 509 g/mol. The van der Waals surface area contributed by atoms with Gasteiger partial charge < -0.3 is 20.1 Å². The molecule has 12 heteroatoms. The van der Waals surface area contributed by atoms with Gasteiger partial charge in [-0.05, 0) is 35.4 Å². The molecule has 0 atom stereocenters. The van der Waals surface area contributed by atoms with Crippen molar-refractivity contribution in [1.82, 2.24) is 0 Å². The number of hydrogen-bond donors (Lipinski definition) is 5. The van der Waals surface area contributed by atoms with Crippen molar-refractivity contribution >= 4 is 20.2 Å². The highest BCUT2D eigenvalue weighted by Crippen LogP contribution is 2.36. The Hall–Kier alpha value is -3.16. The van der Waals surface area contributed by atoms with Crippen LogP contribution in [0.4, 0.5) is 0 Å². The monoisotopic (exact) mass is 508 g/mol. The first-order valence-corrected chi connectivity index (χ1v) is 12.7. The van der Waals surface area contributed by atoms with Crippen LogP contribution >= 0.6 is 0 Å². The van der Waals surface area contributed by atoms with Gasteiger partial charge in [-0.25, -0.2) is 0 Å². The number of aromatic hydroxyl groups is 3. The summed E-state index contributed by atoms with van der Waals surface area (Å²) in [5.74, 6) is -0.844. The van der Waals surface area contributed by atoms with E-state index in [1.807, 2.05) is 0 Å². The normalized spacial score (nSPS) is 14.4. The number of fused-ring (bicyclic) bond motifs is 6. The maximum atomic E-state index is 11.8. The number of para-hydroxylation sites is 1. The van der Waals surface area contributed by atoms with Crippen molar-refractivity contribution in [3.8, 4) is 17.2 Å². The molecule has 1 heterocycles. The van der Waals surface area contributed by atoms with Crippen molar-refractivity contribution in [3.63, 3.8) is 0 Å². The fourth-order valence-electron chi connectivity index (χ4n) is 3.85. The van der Waals surface area contributed by atoms with Gasteiger partial charge in [-0.3, -0.25) is 9.11 Å². The molecule has 1 aliphatic heterocycles. The van der Waals surface area contributed by atoms with Crippen molar-refractivity contribution in [1.29, 1.82) is 0 Å². The number of hydrogen-bond acceptors (Lipinski definition) is 8. The second-order valence-corrected chi connectivity index (χ2v) is 10.7. The first-order valence-electron chi connectivity index (χ1n) is 9.86. The van der Waals surface area contributed by atoms with Gasteiger partial charge in [-0.15, -0.1) is 0 Å². The molecule has 0 amide bonds. The summed E-state index contributed by atoms with van der Waals surface area (Å²) >= 11 is 0. The fraction of sp³-hybridized carbons (Fsp3) is 0.182. The third kappa shape index (κ3) is 4.72. The van der Waals surface area contributed by atoms with Crippen LogP contribution in [0.15, 0.2) is 52.3 Å². The lowest BCUT2D eigenvalue weighted by molar-refractivity contribution is 0.103. The van der Waals surface area contributed by atoms with Crippen LogP contribution in [0, 0.1) is 0 Å². The molecule has 10 nitrogen and oxygen atoms in total. The third-order valence-electron chi connectivity index (χ3n) is 5.56. The summed E-state index contributed by atoms with van der Waals surface area (Å²) < 4.78 is 71.7. The van der Waals surface area contributed by atoms with Gasteiger partial charge in [-0.2, -0.15) is 16.8 Å². The first kappa shape index (κ1) is 24.0. The van der Waals surface area contributed by atoms with E-state index in [0.717, 1.165) is 24.3 Å². The predicted molar refractivity (Wildman–Crippen MR) is 118 cm³/mol. The Morgan fingerprint density at radius 2 is 0.941 bits per heavy atom. The molecule has 0 saturated heterocycles. The molecule has 0 fully saturated rings. The molecule has 0 aliphatic carbocycles. The molecule has 0 spiro atoms. The molecule has 0 radical (unpaired) electrons. The predicted octanol–water partition coefficient (Wildman–Crippen LogP) is 2.51. The SMILES string of the molecule is O=S(=O)(O)c1cc2c(O)c(c1)Cc1cccc(c1O)Cc1cc(S(=O)(=O)O)cc(c1O)COC2. The van der Waals surface area contributed by atoms with Gasteiger partial charge in [0.05, 0.1) is 23.0 Å². The van der Waals surface area contributed by atoms with Crippen molar-refractivity contribution in [2.24, 2.45) is 0 Å². The van der Waals surface area contributed by atoms with Gasteiger partial charge in [0.1, 0.15) is 17.2 Å². The smallest absolute Gasteiger partial charge is 0.294 e. The minimum atomic E-state index is -4.64. The Labute approximate surface area is 195 Å². The molecule has 0 aromatic heterocycles. The topological polar surface area (TPSA) is 179 Å². The van der Waals surface area contributed by atoms with Crippen LogP contribution in [0.2, 0.25) is 0 Å². The second-order valence-electron chi connectivity index (χ2n) is 7.90. The Balaban J connectivity index is 1.95. The van der Waals surface area contributed by atoms with E-state index >= 15 is 0 Å². The number of ether oxygens (including phenoxy) is 1. The van der Waals surface area contributed by atoms with Crippen molar-refractivity contribution < 1.29 is 46.0 Å². The lowest BCUT2D eigenvalue weighted by Gasteiger charge is -2.17. The van der Waals surface area contributed by atoms with E-state index in [0.29, 0.717) is 11.1 Å². The molecule has 6 bridgehead atoms. The van der Waals surface area contributed by atoms with Crippen molar-refractivity contribution in [3.05, 3.63) is 75.8 Å². The molecular weight excluding hydrogens is 488 g/mol. The highest BCUT2D eigenvalue weighted by atomic mass is 32.2. The van der Waals surface area contributed by atoms with Gasteiger partial charge in [0, 0.05) is 35.1 Å². The van der Waals surface area contributed by atoms with Gasteiger partial charge in [0.2, 0.25) is 0 Å². The van der Waals surface area contributed by atoms with E-state index in [-0.39, 0.29) is 65.6 Å². The Kier molecular flexibility index (Phi) is 6.04. The van der Waals surface area contributed by atoms with Crippen molar-refractivity contribution in [2.45, 2.75) is 35.8 Å². The number of rotatable bonds is 2. The zero-order valence-corrected chi connectivity index (χ0v) is 19.1. The quantitative estimate of drug-likeness (QED) is 0.323. The van der Waals surface area contributed by atoms with Crippen LogP contribution in [0.1, 0.15) is 33.4 Å². The summed E-state index contributed by atoms with van der Waals surface area (Å²) in [5, 5.41) is 32.3. The van der Waals surface area contributed by atoms with E-state index in [4.69, 9.17) is 4.74 Å². The number of phenolic OH excluding ortho intramolecular Hbond substituents is 3.